The number of halogens is 1. The Morgan fingerprint density at radius 1 is 1.73 bits per heavy atom. The van der Waals surface area contributed by atoms with E-state index in [9.17, 15) is 4.79 Å². The summed E-state index contributed by atoms with van der Waals surface area (Å²) in [7, 11) is 0. The molecule has 1 aliphatic rings. The van der Waals surface area contributed by atoms with E-state index in [1.807, 2.05) is 4.90 Å². The molecule has 0 bridgehead atoms. The summed E-state index contributed by atoms with van der Waals surface area (Å²) in [5.41, 5.74) is 5.35. The van der Waals surface area contributed by atoms with Crippen LogP contribution >= 0.6 is 15.9 Å². The van der Waals surface area contributed by atoms with Gasteiger partial charge >= 0.3 is 0 Å². The van der Waals surface area contributed by atoms with Crippen LogP contribution in [0.1, 0.15) is 6.42 Å². The van der Waals surface area contributed by atoms with Gasteiger partial charge in [0.2, 0.25) is 5.91 Å². The monoisotopic (exact) mass is 220 g/mol. The molecule has 0 aromatic rings. The fourth-order valence-electron chi connectivity index (χ4n) is 1.33. The number of hydrogen-bond donors (Lipinski definition) is 1. The fraction of sp³-hybridized carbons (Fsp3) is 0.857. The molecule has 4 heteroatoms. The predicted molar refractivity (Wildman–Crippen MR) is 47.5 cm³/mol. The topological polar surface area (TPSA) is 46.3 Å². The van der Waals surface area contributed by atoms with E-state index >= 15 is 0 Å². The van der Waals surface area contributed by atoms with Gasteiger partial charge in [-0.3, -0.25) is 4.79 Å². The van der Waals surface area contributed by atoms with Crippen molar-refractivity contribution in [3.63, 3.8) is 0 Å². The third-order valence-electron chi connectivity index (χ3n) is 1.91. The van der Waals surface area contributed by atoms with Crippen molar-refractivity contribution < 1.29 is 4.79 Å². The van der Waals surface area contributed by atoms with Gasteiger partial charge in [0.05, 0.1) is 0 Å². The lowest BCUT2D eigenvalue weighted by Crippen LogP contribution is -2.30. The van der Waals surface area contributed by atoms with Crippen molar-refractivity contribution in [3.05, 3.63) is 0 Å². The Balaban J connectivity index is 2.38. The van der Waals surface area contributed by atoms with Gasteiger partial charge in [0.25, 0.3) is 0 Å². The normalized spacial score (nSPS) is 24.7. The molecule has 1 fully saturated rings. The van der Waals surface area contributed by atoms with E-state index in [2.05, 4.69) is 15.9 Å². The van der Waals surface area contributed by atoms with Gasteiger partial charge in [-0.05, 0) is 5.92 Å². The van der Waals surface area contributed by atoms with Crippen molar-refractivity contribution in [2.45, 2.75) is 6.42 Å². The fourth-order valence-corrected chi connectivity index (χ4v) is 1.76. The smallest absolute Gasteiger partial charge is 0.222 e. The Morgan fingerprint density at radius 2 is 2.45 bits per heavy atom. The lowest BCUT2D eigenvalue weighted by atomic mass is 10.2. The number of amides is 1. The summed E-state index contributed by atoms with van der Waals surface area (Å²) in [6.45, 7) is 2.16. The van der Waals surface area contributed by atoms with Crippen molar-refractivity contribution in [1.82, 2.24) is 4.90 Å². The first-order valence-corrected chi connectivity index (χ1v) is 4.94. The molecule has 2 N–H and O–H groups in total. The molecule has 0 saturated carbocycles. The highest BCUT2D eigenvalue weighted by Gasteiger charge is 2.27. The van der Waals surface area contributed by atoms with Crippen LogP contribution in [-0.4, -0.2) is 35.8 Å². The second kappa shape index (κ2) is 4.07. The van der Waals surface area contributed by atoms with Crippen LogP contribution in [0, 0.1) is 5.92 Å². The maximum absolute atomic E-state index is 11.2. The molecular weight excluding hydrogens is 208 g/mol. The van der Waals surface area contributed by atoms with E-state index in [1.165, 1.54) is 0 Å². The largest absolute Gasteiger partial charge is 0.341 e. The van der Waals surface area contributed by atoms with Crippen LogP contribution in [0.15, 0.2) is 0 Å². The van der Waals surface area contributed by atoms with Crippen molar-refractivity contribution >= 4 is 21.8 Å². The summed E-state index contributed by atoms with van der Waals surface area (Å²) in [5, 5.41) is 0.916. The average molecular weight is 221 g/mol. The minimum absolute atomic E-state index is 0.250. The van der Waals surface area contributed by atoms with Gasteiger partial charge in [-0.1, -0.05) is 15.9 Å². The Kier molecular flexibility index (Phi) is 3.33. The average Bonchev–Trinajstić information content (AvgIpc) is 2.33. The molecule has 1 atom stereocenters. The number of nitrogens with two attached hydrogens (primary N) is 1. The minimum Gasteiger partial charge on any atom is -0.341 e. The van der Waals surface area contributed by atoms with Crippen LogP contribution in [0.4, 0.5) is 0 Å². The molecule has 3 nitrogen and oxygen atoms in total. The van der Waals surface area contributed by atoms with Gasteiger partial charge in [-0.25, -0.2) is 0 Å². The highest BCUT2D eigenvalue weighted by atomic mass is 79.9. The summed E-state index contributed by atoms with van der Waals surface area (Å²) < 4.78 is 0. The number of hydrogen-bond acceptors (Lipinski definition) is 2. The zero-order valence-electron chi connectivity index (χ0n) is 6.42. The molecule has 1 saturated heterocycles. The van der Waals surface area contributed by atoms with E-state index in [1.54, 1.807) is 0 Å². The lowest BCUT2D eigenvalue weighted by Gasteiger charge is -2.13. The molecule has 0 aromatic heterocycles. The number of rotatable bonds is 3. The summed E-state index contributed by atoms with van der Waals surface area (Å²) >= 11 is 3.37. The molecule has 1 unspecified atom stereocenters. The zero-order valence-corrected chi connectivity index (χ0v) is 8.01. The minimum atomic E-state index is 0.250. The standard InChI is InChI=1S/C7H13BrN2O/c8-4-6-3-7(11)10(5-6)2-1-9/h6H,1-5,9H2. The quantitative estimate of drug-likeness (QED) is 0.691. The van der Waals surface area contributed by atoms with Crippen LogP contribution < -0.4 is 5.73 Å². The molecule has 1 heterocycles. The second-order valence-corrected chi connectivity index (χ2v) is 3.50. The van der Waals surface area contributed by atoms with Crippen LogP contribution in [0.3, 0.4) is 0 Å². The van der Waals surface area contributed by atoms with Crippen LogP contribution in [0.25, 0.3) is 0 Å². The molecule has 1 amide bonds. The van der Waals surface area contributed by atoms with Gasteiger partial charge in [0.15, 0.2) is 0 Å². The summed E-state index contributed by atoms with van der Waals surface area (Å²) in [6.07, 6.45) is 0.686. The Morgan fingerprint density at radius 3 is 2.91 bits per heavy atom. The molecule has 0 radical (unpaired) electrons. The van der Waals surface area contributed by atoms with Crippen molar-refractivity contribution in [2.24, 2.45) is 11.7 Å². The number of carbonyl (C=O) groups excluding carboxylic acids is 1. The lowest BCUT2D eigenvalue weighted by molar-refractivity contribution is -0.127. The summed E-state index contributed by atoms with van der Waals surface area (Å²) in [4.78, 5) is 13.0. The van der Waals surface area contributed by atoms with Gasteiger partial charge in [-0.15, -0.1) is 0 Å². The first-order valence-electron chi connectivity index (χ1n) is 3.81. The predicted octanol–water partition coefficient (Wildman–Crippen LogP) is 0.188. The molecule has 0 aliphatic carbocycles. The maximum Gasteiger partial charge on any atom is 0.222 e. The summed E-state index contributed by atoms with van der Waals surface area (Å²) in [6, 6.07) is 0. The van der Waals surface area contributed by atoms with Crippen molar-refractivity contribution in [1.29, 1.82) is 0 Å². The molecule has 1 rings (SSSR count). The van der Waals surface area contributed by atoms with E-state index in [4.69, 9.17) is 5.73 Å². The molecule has 64 valence electrons. The summed E-state index contributed by atoms with van der Waals surface area (Å²) in [5.74, 6) is 0.744. The van der Waals surface area contributed by atoms with Crippen LogP contribution in [0.5, 0.6) is 0 Å². The number of likely N-dealkylation sites (tertiary alicyclic amines) is 1. The third-order valence-corrected chi connectivity index (χ3v) is 2.83. The van der Waals surface area contributed by atoms with E-state index in [0.717, 1.165) is 11.9 Å². The van der Waals surface area contributed by atoms with E-state index in [-0.39, 0.29) is 5.91 Å². The third kappa shape index (κ3) is 2.17. The Hall–Kier alpha value is -0.0900. The highest BCUT2D eigenvalue weighted by molar-refractivity contribution is 9.09. The molecule has 1 aliphatic heterocycles. The van der Waals surface area contributed by atoms with Gasteiger partial charge in [0, 0.05) is 31.4 Å². The van der Waals surface area contributed by atoms with Gasteiger partial charge < -0.3 is 10.6 Å². The van der Waals surface area contributed by atoms with Crippen LogP contribution in [-0.2, 0) is 4.79 Å². The van der Waals surface area contributed by atoms with E-state index < -0.39 is 0 Å². The second-order valence-electron chi connectivity index (χ2n) is 2.85. The Labute approximate surface area is 75.1 Å². The SMILES string of the molecule is NCCN1CC(CBr)CC1=O. The molecule has 11 heavy (non-hydrogen) atoms. The number of alkyl halides is 1. The molecule has 0 aromatic carbocycles. The van der Waals surface area contributed by atoms with E-state index in [0.29, 0.717) is 25.4 Å². The van der Waals surface area contributed by atoms with Gasteiger partial charge in [0.1, 0.15) is 0 Å². The van der Waals surface area contributed by atoms with Crippen molar-refractivity contribution in [3.8, 4) is 0 Å². The first kappa shape index (κ1) is 9.00. The number of carbonyl (C=O) groups is 1. The van der Waals surface area contributed by atoms with Crippen LogP contribution in [0.2, 0.25) is 0 Å². The molecular formula is C7H13BrN2O. The zero-order chi connectivity index (χ0) is 8.27. The maximum atomic E-state index is 11.2. The first-order chi connectivity index (χ1) is 5.27. The van der Waals surface area contributed by atoms with Gasteiger partial charge in [-0.2, -0.15) is 0 Å². The van der Waals surface area contributed by atoms with Crippen molar-refractivity contribution in [2.75, 3.05) is 25.0 Å². The highest BCUT2D eigenvalue weighted by Crippen LogP contribution is 2.18. The number of nitrogens with zero attached hydrogens (tertiary/aromatic N) is 1. The Bertz CT molecular complexity index is 151. The molecule has 0 spiro atoms.